The quantitative estimate of drug-likeness (QED) is 0.722. The second-order valence-electron chi connectivity index (χ2n) is 4.42. The van der Waals surface area contributed by atoms with Crippen LogP contribution in [0.25, 0.3) is 11.0 Å². The van der Waals surface area contributed by atoms with Crippen LogP contribution >= 0.6 is 0 Å². The third kappa shape index (κ3) is 2.77. The summed E-state index contributed by atoms with van der Waals surface area (Å²) in [5.41, 5.74) is 1.59. The molecule has 20 heavy (non-hydrogen) atoms. The molecule has 0 fully saturated rings. The third-order valence-electron chi connectivity index (χ3n) is 3.03. The molecule has 3 N–H and O–H groups in total. The van der Waals surface area contributed by atoms with Gasteiger partial charge in [-0.05, 0) is 19.1 Å². The van der Waals surface area contributed by atoms with Crippen LogP contribution in [0.2, 0.25) is 0 Å². The molecule has 0 aliphatic carbocycles. The van der Waals surface area contributed by atoms with Gasteiger partial charge in [0, 0.05) is 0 Å². The van der Waals surface area contributed by atoms with Crippen molar-refractivity contribution in [3.63, 3.8) is 0 Å². The molecule has 1 unspecified atom stereocenters. The minimum absolute atomic E-state index is 0.328. The number of para-hydroxylation sites is 2. The van der Waals surface area contributed by atoms with Crippen molar-refractivity contribution in [2.75, 3.05) is 6.54 Å². The van der Waals surface area contributed by atoms with Crippen LogP contribution in [0, 0.1) is 0 Å². The summed E-state index contributed by atoms with van der Waals surface area (Å²) in [5, 5.41) is 20.1. The molecule has 0 saturated carbocycles. The second kappa shape index (κ2) is 5.70. The normalized spacial score (nSPS) is 13.9. The number of imidazole rings is 1. The van der Waals surface area contributed by atoms with Gasteiger partial charge in [0.25, 0.3) is 0 Å². The molecule has 0 aliphatic rings. The maximum atomic E-state index is 11.9. The van der Waals surface area contributed by atoms with E-state index >= 15 is 0 Å². The number of aliphatic hydroxyl groups is 1. The number of carboxylic acid groups (broad SMARTS) is 1. The first-order valence-electron chi connectivity index (χ1n) is 6.11. The number of fused-ring (bicyclic) bond motifs is 1. The van der Waals surface area contributed by atoms with Gasteiger partial charge < -0.3 is 20.1 Å². The molecule has 0 aliphatic heterocycles. The van der Waals surface area contributed by atoms with E-state index in [1.54, 1.807) is 17.8 Å². The van der Waals surface area contributed by atoms with Gasteiger partial charge in [-0.25, -0.2) is 9.78 Å². The number of rotatable bonds is 5. The summed E-state index contributed by atoms with van der Waals surface area (Å²) >= 11 is 0. The Morgan fingerprint density at radius 3 is 2.80 bits per heavy atom. The largest absolute Gasteiger partial charge is 0.479 e. The van der Waals surface area contributed by atoms with Crippen LogP contribution in [0.4, 0.5) is 0 Å². The number of nitrogens with zero attached hydrogens (tertiary/aromatic N) is 2. The summed E-state index contributed by atoms with van der Waals surface area (Å²) < 4.78 is 1.69. The minimum atomic E-state index is -1.61. The van der Waals surface area contributed by atoms with Crippen LogP contribution in [0.1, 0.15) is 13.0 Å². The van der Waals surface area contributed by atoms with Crippen LogP contribution < -0.4 is 5.32 Å². The fourth-order valence-electron chi connectivity index (χ4n) is 1.85. The first-order valence-corrected chi connectivity index (χ1v) is 6.11. The highest BCUT2D eigenvalue weighted by Gasteiger charge is 2.19. The van der Waals surface area contributed by atoms with E-state index in [4.69, 9.17) is 10.2 Å². The number of carbonyl (C=O) groups is 2. The fourth-order valence-corrected chi connectivity index (χ4v) is 1.85. The lowest BCUT2D eigenvalue weighted by molar-refractivity contribution is -0.146. The van der Waals surface area contributed by atoms with E-state index in [1.165, 1.54) is 0 Å². The first kappa shape index (κ1) is 14.0. The van der Waals surface area contributed by atoms with Gasteiger partial charge in [0.2, 0.25) is 5.91 Å². The van der Waals surface area contributed by atoms with Gasteiger partial charge in [0.15, 0.2) is 6.10 Å². The third-order valence-corrected chi connectivity index (χ3v) is 3.03. The predicted octanol–water partition coefficient (Wildman–Crippen LogP) is 0.159. The number of nitrogens with one attached hydrogen (secondary N) is 1. The van der Waals surface area contributed by atoms with E-state index in [-0.39, 0.29) is 12.5 Å². The van der Waals surface area contributed by atoms with E-state index in [9.17, 15) is 9.59 Å². The van der Waals surface area contributed by atoms with Gasteiger partial charge in [-0.2, -0.15) is 0 Å². The Kier molecular flexibility index (Phi) is 3.99. The van der Waals surface area contributed by atoms with Gasteiger partial charge >= 0.3 is 5.97 Å². The smallest absolute Gasteiger partial charge is 0.334 e. The van der Waals surface area contributed by atoms with Gasteiger partial charge in [-0.3, -0.25) is 4.79 Å². The zero-order chi connectivity index (χ0) is 14.7. The molecule has 0 radical (unpaired) electrons. The Balaban J connectivity index is 2.09. The van der Waals surface area contributed by atoms with Crippen LogP contribution in [-0.2, 0) is 9.59 Å². The van der Waals surface area contributed by atoms with Gasteiger partial charge in [-0.15, -0.1) is 0 Å². The number of carbonyl (C=O) groups excluding carboxylic acids is 1. The number of hydrogen-bond donors (Lipinski definition) is 3. The maximum absolute atomic E-state index is 11.9. The maximum Gasteiger partial charge on any atom is 0.334 e. The highest BCUT2D eigenvalue weighted by Crippen LogP contribution is 2.17. The zero-order valence-electron chi connectivity index (χ0n) is 10.9. The second-order valence-corrected chi connectivity index (χ2v) is 4.42. The molecule has 0 saturated heterocycles. The summed E-state index contributed by atoms with van der Waals surface area (Å²) in [6.45, 7) is 1.35. The van der Waals surface area contributed by atoms with Gasteiger partial charge in [0.1, 0.15) is 6.04 Å². The van der Waals surface area contributed by atoms with Crippen molar-refractivity contribution in [2.24, 2.45) is 0 Å². The Labute approximate surface area is 114 Å². The molecule has 0 spiro atoms. The van der Waals surface area contributed by atoms with E-state index in [2.05, 4.69) is 10.3 Å². The molecule has 2 rings (SSSR count). The monoisotopic (exact) mass is 277 g/mol. The number of aromatic nitrogens is 2. The lowest BCUT2D eigenvalue weighted by atomic mass is 10.2. The molecule has 1 heterocycles. The number of carboxylic acids is 1. The standard InChI is InChI=1S/C13H15N3O4/c1-8(12(18)14-6-11(17)13(19)20)16-7-15-9-4-2-3-5-10(9)16/h2-5,7-8,11,17H,6H2,1H3,(H,14,18)(H,19,20)/t8?,11-/m0/s1. The molecule has 2 aromatic rings. The molecule has 106 valence electrons. The molecule has 1 aromatic heterocycles. The molecule has 7 heteroatoms. The lowest BCUT2D eigenvalue weighted by Gasteiger charge is -2.15. The number of aliphatic hydroxyl groups excluding tert-OH is 1. The predicted molar refractivity (Wildman–Crippen MR) is 71.1 cm³/mol. The van der Waals surface area contributed by atoms with E-state index < -0.39 is 18.1 Å². The number of aliphatic carboxylic acids is 1. The molecule has 7 nitrogen and oxygen atoms in total. The van der Waals surface area contributed by atoms with Crippen LogP contribution in [0.15, 0.2) is 30.6 Å². The highest BCUT2D eigenvalue weighted by atomic mass is 16.4. The Hall–Kier alpha value is -2.41. The lowest BCUT2D eigenvalue weighted by Crippen LogP contribution is -2.39. The Morgan fingerprint density at radius 2 is 2.10 bits per heavy atom. The summed E-state index contributed by atoms with van der Waals surface area (Å²) in [6, 6.07) is 6.83. The van der Waals surface area contributed by atoms with Crippen molar-refractivity contribution in [3.8, 4) is 0 Å². The summed E-state index contributed by atoms with van der Waals surface area (Å²) in [5.74, 6) is -1.75. The van der Waals surface area contributed by atoms with E-state index in [1.807, 2.05) is 24.3 Å². The fraction of sp³-hybridized carbons (Fsp3) is 0.308. The molecular weight excluding hydrogens is 262 g/mol. The van der Waals surface area contributed by atoms with Crippen molar-refractivity contribution in [2.45, 2.75) is 19.1 Å². The molecule has 2 atom stereocenters. The van der Waals surface area contributed by atoms with Crippen molar-refractivity contribution in [3.05, 3.63) is 30.6 Å². The average molecular weight is 277 g/mol. The zero-order valence-corrected chi connectivity index (χ0v) is 10.9. The summed E-state index contributed by atoms with van der Waals surface area (Å²) in [6.07, 6.45) is -0.0478. The SMILES string of the molecule is CC(C(=O)NC[C@H](O)C(=O)O)n1cnc2ccccc21. The number of amides is 1. The Bertz CT molecular complexity index is 637. The van der Waals surface area contributed by atoms with Crippen molar-refractivity contribution in [1.82, 2.24) is 14.9 Å². The van der Waals surface area contributed by atoms with Crippen LogP contribution in [-0.4, -0.2) is 44.3 Å². The van der Waals surface area contributed by atoms with Crippen LogP contribution in [0.5, 0.6) is 0 Å². The summed E-state index contributed by atoms with van der Waals surface area (Å²) in [7, 11) is 0. The van der Waals surface area contributed by atoms with E-state index in [0.29, 0.717) is 0 Å². The minimum Gasteiger partial charge on any atom is -0.479 e. The van der Waals surface area contributed by atoms with Gasteiger partial charge in [0.05, 0.1) is 23.9 Å². The van der Waals surface area contributed by atoms with E-state index in [0.717, 1.165) is 11.0 Å². The number of benzene rings is 1. The molecule has 1 amide bonds. The Morgan fingerprint density at radius 1 is 1.40 bits per heavy atom. The van der Waals surface area contributed by atoms with Crippen molar-refractivity contribution < 1.29 is 19.8 Å². The summed E-state index contributed by atoms with van der Waals surface area (Å²) in [4.78, 5) is 26.6. The average Bonchev–Trinajstić information content (AvgIpc) is 2.87. The van der Waals surface area contributed by atoms with Crippen LogP contribution in [0.3, 0.4) is 0 Å². The number of hydrogen-bond acceptors (Lipinski definition) is 4. The topological polar surface area (TPSA) is 104 Å². The molecular formula is C13H15N3O4. The molecule has 1 aromatic carbocycles. The molecule has 0 bridgehead atoms. The van der Waals surface area contributed by atoms with Crippen molar-refractivity contribution >= 4 is 22.9 Å². The first-order chi connectivity index (χ1) is 9.50. The van der Waals surface area contributed by atoms with Gasteiger partial charge in [-0.1, -0.05) is 12.1 Å². The van der Waals surface area contributed by atoms with Crippen molar-refractivity contribution in [1.29, 1.82) is 0 Å². The highest BCUT2D eigenvalue weighted by molar-refractivity contribution is 5.84.